The van der Waals surface area contributed by atoms with Crippen molar-refractivity contribution in [2.75, 3.05) is 18.0 Å². The minimum atomic E-state index is -4.50. The molecule has 0 bridgehead atoms. The maximum Gasteiger partial charge on any atom is 0.417 e. The van der Waals surface area contributed by atoms with Gasteiger partial charge in [0.2, 0.25) is 11.7 Å². The molecular formula is C19H15ClF4N4O. The van der Waals surface area contributed by atoms with Gasteiger partial charge in [-0.2, -0.15) is 18.2 Å². The Balaban J connectivity index is 1.54. The molecule has 0 saturated carbocycles. The highest BCUT2D eigenvalue weighted by Crippen LogP contribution is 2.36. The highest BCUT2D eigenvalue weighted by molar-refractivity contribution is 6.33. The molecule has 1 atom stereocenters. The van der Waals surface area contributed by atoms with Crippen molar-refractivity contribution in [1.29, 1.82) is 0 Å². The van der Waals surface area contributed by atoms with Crippen LogP contribution in [0.1, 0.15) is 30.2 Å². The minimum absolute atomic E-state index is 0.0635. The van der Waals surface area contributed by atoms with Crippen LogP contribution in [0.3, 0.4) is 0 Å². The molecule has 2 aromatic heterocycles. The Kier molecular flexibility index (Phi) is 5.16. The summed E-state index contributed by atoms with van der Waals surface area (Å²) in [5.41, 5.74) is -0.392. The van der Waals surface area contributed by atoms with E-state index in [0.29, 0.717) is 24.5 Å². The molecule has 0 radical (unpaired) electrons. The van der Waals surface area contributed by atoms with Gasteiger partial charge in [-0.1, -0.05) is 28.9 Å². The van der Waals surface area contributed by atoms with Gasteiger partial charge in [-0.3, -0.25) is 0 Å². The Hall–Kier alpha value is -2.68. The number of halogens is 5. The predicted octanol–water partition coefficient (Wildman–Crippen LogP) is 5.33. The first-order valence-electron chi connectivity index (χ1n) is 8.88. The van der Waals surface area contributed by atoms with Gasteiger partial charge in [0.25, 0.3) is 0 Å². The molecule has 1 unspecified atom stereocenters. The van der Waals surface area contributed by atoms with Crippen molar-refractivity contribution in [3.05, 3.63) is 58.8 Å². The molecule has 1 aliphatic rings. The average Bonchev–Trinajstić information content (AvgIpc) is 3.18. The summed E-state index contributed by atoms with van der Waals surface area (Å²) in [7, 11) is 0. The van der Waals surface area contributed by atoms with Gasteiger partial charge in [0.15, 0.2) is 0 Å². The van der Waals surface area contributed by atoms with Crippen LogP contribution in [0, 0.1) is 5.82 Å². The maximum absolute atomic E-state index is 13.4. The molecule has 1 fully saturated rings. The fraction of sp³-hybridized carbons (Fsp3) is 0.316. The van der Waals surface area contributed by atoms with E-state index in [-0.39, 0.29) is 22.6 Å². The molecule has 1 saturated heterocycles. The Morgan fingerprint density at radius 3 is 2.76 bits per heavy atom. The van der Waals surface area contributed by atoms with Gasteiger partial charge < -0.3 is 9.42 Å². The van der Waals surface area contributed by atoms with Gasteiger partial charge >= 0.3 is 6.18 Å². The lowest BCUT2D eigenvalue weighted by atomic mass is 9.98. The minimum Gasteiger partial charge on any atom is -0.355 e. The summed E-state index contributed by atoms with van der Waals surface area (Å²) >= 11 is 6.07. The van der Waals surface area contributed by atoms with Crippen molar-refractivity contribution in [2.45, 2.75) is 24.9 Å². The van der Waals surface area contributed by atoms with Crippen LogP contribution >= 0.6 is 11.6 Å². The number of nitrogens with zero attached hydrogens (tertiary/aromatic N) is 4. The quantitative estimate of drug-likeness (QED) is 0.530. The van der Waals surface area contributed by atoms with Gasteiger partial charge in [-0.05, 0) is 31.0 Å². The number of piperidine rings is 1. The number of rotatable bonds is 3. The average molecular weight is 427 g/mol. The van der Waals surface area contributed by atoms with Crippen LogP contribution in [-0.2, 0) is 6.18 Å². The highest BCUT2D eigenvalue weighted by Gasteiger charge is 2.33. The fourth-order valence-corrected chi connectivity index (χ4v) is 3.62. The first-order valence-corrected chi connectivity index (χ1v) is 9.26. The third-order valence-electron chi connectivity index (χ3n) is 4.74. The molecule has 29 heavy (non-hydrogen) atoms. The van der Waals surface area contributed by atoms with Crippen molar-refractivity contribution in [3.8, 4) is 11.4 Å². The first-order chi connectivity index (χ1) is 13.8. The number of pyridine rings is 1. The second-order valence-corrected chi connectivity index (χ2v) is 7.19. The molecule has 0 aliphatic carbocycles. The molecule has 0 amide bonds. The molecule has 152 valence electrons. The first kappa shape index (κ1) is 19.6. The number of benzene rings is 1. The zero-order chi connectivity index (χ0) is 20.6. The van der Waals surface area contributed by atoms with Crippen LogP contribution in [0.4, 0.5) is 23.4 Å². The molecule has 0 spiro atoms. The summed E-state index contributed by atoms with van der Waals surface area (Å²) < 4.78 is 57.3. The summed E-state index contributed by atoms with van der Waals surface area (Å²) in [6, 6.07) is 6.75. The summed E-state index contributed by atoms with van der Waals surface area (Å²) in [5.74, 6) is 0.410. The lowest BCUT2D eigenvalue weighted by molar-refractivity contribution is -0.137. The molecular weight excluding hydrogens is 412 g/mol. The third kappa shape index (κ3) is 4.19. The highest BCUT2D eigenvalue weighted by atomic mass is 35.5. The van der Waals surface area contributed by atoms with E-state index in [4.69, 9.17) is 16.1 Å². The van der Waals surface area contributed by atoms with Gasteiger partial charge in [0.05, 0.1) is 16.5 Å². The van der Waals surface area contributed by atoms with Crippen molar-refractivity contribution in [1.82, 2.24) is 15.1 Å². The zero-order valence-electron chi connectivity index (χ0n) is 15.0. The number of anilines is 1. The lowest BCUT2D eigenvalue weighted by Gasteiger charge is -2.32. The van der Waals surface area contributed by atoms with E-state index in [9.17, 15) is 17.6 Å². The summed E-state index contributed by atoms with van der Waals surface area (Å²) in [6.45, 7) is 1.02. The summed E-state index contributed by atoms with van der Waals surface area (Å²) in [4.78, 5) is 10.1. The van der Waals surface area contributed by atoms with Crippen molar-refractivity contribution >= 4 is 17.4 Å². The number of hydrogen-bond acceptors (Lipinski definition) is 5. The second kappa shape index (κ2) is 7.62. The van der Waals surface area contributed by atoms with E-state index < -0.39 is 17.6 Å². The van der Waals surface area contributed by atoms with Crippen LogP contribution in [0.25, 0.3) is 11.4 Å². The third-order valence-corrected chi connectivity index (χ3v) is 5.02. The molecule has 1 aliphatic heterocycles. The van der Waals surface area contributed by atoms with E-state index in [1.807, 2.05) is 4.90 Å². The van der Waals surface area contributed by atoms with E-state index in [1.165, 1.54) is 12.1 Å². The molecule has 3 aromatic rings. The second-order valence-electron chi connectivity index (χ2n) is 6.78. The SMILES string of the molecule is Fc1cccc(-c2noc(C3CCCN(c4ncc(C(F)(F)F)cc4Cl)C3)n2)c1. The molecule has 5 nitrogen and oxygen atoms in total. The molecule has 0 N–H and O–H groups in total. The molecule has 1 aromatic carbocycles. The normalized spacial score (nSPS) is 17.6. The smallest absolute Gasteiger partial charge is 0.355 e. The van der Waals surface area contributed by atoms with Crippen molar-refractivity contribution in [3.63, 3.8) is 0 Å². The molecule has 3 heterocycles. The number of alkyl halides is 3. The van der Waals surface area contributed by atoms with Gasteiger partial charge in [0, 0.05) is 24.8 Å². The van der Waals surface area contributed by atoms with Crippen LogP contribution in [-0.4, -0.2) is 28.2 Å². The van der Waals surface area contributed by atoms with Crippen LogP contribution in [0.15, 0.2) is 41.1 Å². The van der Waals surface area contributed by atoms with Crippen LogP contribution < -0.4 is 4.90 Å². The van der Waals surface area contributed by atoms with Crippen LogP contribution in [0.2, 0.25) is 5.02 Å². The van der Waals surface area contributed by atoms with Gasteiger partial charge in [-0.15, -0.1) is 0 Å². The molecule has 10 heteroatoms. The van der Waals surface area contributed by atoms with Gasteiger partial charge in [-0.25, -0.2) is 9.37 Å². The Morgan fingerprint density at radius 2 is 2.03 bits per heavy atom. The van der Waals surface area contributed by atoms with Crippen LogP contribution in [0.5, 0.6) is 0 Å². The monoisotopic (exact) mass is 426 g/mol. The van der Waals surface area contributed by atoms with E-state index >= 15 is 0 Å². The predicted molar refractivity (Wildman–Crippen MR) is 98.1 cm³/mol. The topological polar surface area (TPSA) is 55.1 Å². The maximum atomic E-state index is 13.4. The molecule has 4 rings (SSSR count). The lowest BCUT2D eigenvalue weighted by Crippen LogP contribution is -2.35. The van der Waals surface area contributed by atoms with E-state index in [0.717, 1.165) is 25.1 Å². The Labute approximate surface area is 168 Å². The van der Waals surface area contributed by atoms with Gasteiger partial charge in [0.1, 0.15) is 11.6 Å². The van der Waals surface area contributed by atoms with E-state index in [1.54, 1.807) is 12.1 Å². The van der Waals surface area contributed by atoms with Crippen molar-refractivity contribution < 1.29 is 22.1 Å². The fourth-order valence-electron chi connectivity index (χ4n) is 3.34. The number of aromatic nitrogens is 3. The summed E-state index contributed by atoms with van der Waals surface area (Å²) in [6.07, 6.45) is -2.21. The number of hydrogen-bond donors (Lipinski definition) is 0. The Morgan fingerprint density at radius 1 is 1.21 bits per heavy atom. The largest absolute Gasteiger partial charge is 0.417 e. The zero-order valence-corrected chi connectivity index (χ0v) is 15.7. The standard InChI is InChI=1S/C19H15ClF4N4O/c20-15-8-13(19(22,23)24)9-25-17(15)28-6-2-4-12(10-28)18-26-16(27-29-18)11-3-1-5-14(21)7-11/h1,3,5,7-9,12H,2,4,6,10H2. The van der Waals surface area contributed by atoms with E-state index in [2.05, 4.69) is 15.1 Å². The Bertz CT molecular complexity index is 1020. The van der Waals surface area contributed by atoms with Crippen molar-refractivity contribution in [2.24, 2.45) is 0 Å². The summed E-state index contributed by atoms with van der Waals surface area (Å²) in [5, 5.41) is 3.86.